The Morgan fingerprint density at radius 3 is 2.58 bits per heavy atom. The van der Waals surface area contributed by atoms with Gasteiger partial charge >= 0.3 is 5.97 Å². The Morgan fingerprint density at radius 2 is 2.00 bits per heavy atom. The number of esters is 1. The van der Waals surface area contributed by atoms with Crippen LogP contribution in [0, 0.1) is 10.1 Å². The maximum Gasteiger partial charge on any atom is 0.374 e. The van der Waals surface area contributed by atoms with Gasteiger partial charge in [-0.3, -0.25) is 14.9 Å². The van der Waals surface area contributed by atoms with Crippen LogP contribution in [-0.2, 0) is 14.3 Å². The van der Waals surface area contributed by atoms with Gasteiger partial charge in [0.05, 0.1) is 11.5 Å². The number of para-hydroxylation sites is 1. The summed E-state index contributed by atoms with van der Waals surface area (Å²) in [5, 5.41) is 10.9. The minimum Gasteiger partial charge on any atom is -0.460 e. The van der Waals surface area contributed by atoms with E-state index in [9.17, 15) is 19.7 Å². The number of carbonyl (C=O) groups is 2. The van der Waals surface area contributed by atoms with E-state index >= 15 is 0 Å². The molecule has 0 N–H and O–H groups in total. The number of rotatable bonds is 6. The third-order valence-corrected chi connectivity index (χ3v) is 2.66. The van der Waals surface area contributed by atoms with Gasteiger partial charge in [-0.15, -0.1) is 0 Å². The minimum absolute atomic E-state index is 0.0494. The van der Waals surface area contributed by atoms with Gasteiger partial charge in [-0.2, -0.15) is 0 Å². The van der Waals surface area contributed by atoms with Crippen LogP contribution in [0.15, 0.2) is 24.3 Å². The molecule has 6 nitrogen and oxygen atoms in total. The smallest absolute Gasteiger partial charge is 0.374 e. The van der Waals surface area contributed by atoms with Crippen molar-refractivity contribution in [3.05, 3.63) is 39.9 Å². The first-order chi connectivity index (χ1) is 8.97. The summed E-state index contributed by atoms with van der Waals surface area (Å²) in [6, 6.07) is 6.18. The Balaban J connectivity index is 2.84. The molecular weight excluding hydrogens is 250 g/mol. The third kappa shape index (κ3) is 3.87. The number of hydrogen-bond acceptors (Lipinski definition) is 5. The second kappa shape index (κ2) is 6.63. The molecule has 102 valence electrons. The Labute approximate surface area is 110 Å². The standard InChI is InChI=1S/C13H15NO5/c1-3-19-13(16)12(15)8-9(2)10-6-4-5-7-11(10)14(17)18/h4-7,9H,3,8H2,1-2H3. The highest BCUT2D eigenvalue weighted by atomic mass is 16.6. The lowest BCUT2D eigenvalue weighted by Crippen LogP contribution is -2.19. The van der Waals surface area contributed by atoms with Crippen LogP contribution in [0.4, 0.5) is 5.69 Å². The predicted octanol–water partition coefficient (Wildman–Crippen LogP) is 2.22. The van der Waals surface area contributed by atoms with Gasteiger partial charge in [0.1, 0.15) is 0 Å². The molecule has 0 aliphatic heterocycles. The van der Waals surface area contributed by atoms with E-state index in [1.165, 1.54) is 6.07 Å². The highest BCUT2D eigenvalue weighted by Crippen LogP contribution is 2.28. The Hall–Kier alpha value is -2.24. The lowest BCUT2D eigenvalue weighted by molar-refractivity contribution is -0.385. The van der Waals surface area contributed by atoms with Crippen LogP contribution in [0.25, 0.3) is 0 Å². The van der Waals surface area contributed by atoms with E-state index in [1.54, 1.807) is 32.0 Å². The molecule has 1 aromatic rings. The number of ether oxygens (including phenoxy) is 1. The molecule has 1 aromatic carbocycles. The summed E-state index contributed by atoms with van der Waals surface area (Å²) in [5.74, 6) is -1.99. The zero-order valence-corrected chi connectivity index (χ0v) is 10.8. The van der Waals surface area contributed by atoms with Gasteiger partial charge in [-0.1, -0.05) is 25.1 Å². The molecule has 0 aliphatic carbocycles. The SMILES string of the molecule is CCOC(=O)C(=O)CC(C)c1ccccc1[N+](=O)[O-]. The molecule has 1 atom stereocenters. The first-order valence-electron chi connectivity index (χ1n) is 5.90. The van der Waals surface area contributed by atoms with E-state index in [0.717, 1.165) is 0 Å². The molecule has 0 aliphatic rings. The molecule has 1 rings (SSSR count). The van der Waals surface area contributed by atoms with Crippen molar-refractivity contribution in [1.29, 1.82) is 0 Å². The first kappa shape index (κ1) is 14.8. The third-order valence-electron chi connectivity index (χ3n) is 2.66. The summed E-state index contributed by atoms with van der Waals surface area (Å²) in [6.45, 7) is 3.40. The largest absolute Gasteiger partial charge is 0.460 e. The van der Waals surface area contributed by atoms with E-state index in [0.29, 0.717) is 5.56 Å². The summed E-state index contributed by atoms with van der Waals surface area (Å²) in [6.07, 6.45) is -0.107. The fourth-order valence-corrected chi connectivity index (χ4v) is 1.75. The summed E-state index contributed by atoms with van der Waals surface area (Å²) in [7, 11) is 0. The Morgan fingerprint density at radius 1 is 1.37 bits per heavy atom. The van der Waals surface area contributed by atoms with E-state index < -0.39 is 22.6 Å². The number of carbonyl (C=O) groups excluding carboxylic acids is 2. The Kier molecular flexibility index (Phi) is 5.17. The van der Waals surface area contributed by atoms with E-state index in [2.05, 4.69) is 4.74 Å². The van der Waals surface area contributed by atoms with Gasteiger partial charge in [0.25, 0.3) is 5.69 Å². The molecule has 0 spiro atoms. The van der Waals surface area contributed by atoms with Gasteiger partial charge in [0.15, 0.2) is 0 Å². The van der Waals surface area contributed by atoms with Crippen molar-refractivity contribution in [2.24, 2.45) is 0 Å². The first-order valence-corrected chi connectivity index (χ1v) is 5.90. The quantitative estimate of drug-likeness (QED) is 0.340. The monoisotopic (exact) mass is 265 g/mol. The van der Waals surface area contributed by atoms with Gasteiger partial charge in [0, 0.05) is 18.1 Å². The number of benzene rings is 1. The van der Waals surface area contributed by atoms with Crippen LogP contribution >= 0.6 is 0 Å². The number of Topliss-reactive ketones (excluding diaryl/α,β-unsaturated/α-hetero) is 1. The Bertz CT molecular complexity index is 498. The van der Waals surface area contributed by atoms with Crippen LogP contribution in [0.5, 0.6) is 0 Å². The number of ketones is 1. The maximum absolute atomic E-state index is 11.6. The molecule has 0 fully saturated rings. The molecular formula is C13H15NO5. The van der Waals surface area contributed by atoms with Crippen molar-refractivity contribution in [2.45, 2.75) is 26.2 Å². The fourth-order valence-electron chi connectivity index (χ4n) is 1.75. The van der Waals surface area contributed by atoms with E-state index in [4.69, 9.17) is 0 Å². The van der Waals surface area contributed by atoms with Crippen molar-refractivity contribution in [1.82, 2.24) is 0 Å². The zero-order chi connectivity index (χ0) is 14.4. The predicted molar refractivity (Wildman–Crippen MR) is 67.8 cm³/mol. The van der Waals surface area contributed by atoms with Gasteiger partial charge in [0.2, 0.25) is 5.78 Å². The second-order valence-electron chi connectivity index (χ2n) is 4.06. The number of nitrogens with zero attached hydrogens (tertiary/aromatic N) is 1. The normalized spacial score (nSPS) is 11.7. The molecule has 0 aromatic heterocycles. The molecule has 0 saturated carbocycles. The number of hydrogen-bond donors (Lipinski definition) is 0. The highest BCUT2D eigenvalue weighted by Gasteiger charge is 2.23. The molecule has 0 amide bonds. The summed E-state index contributed by atoms with van der Waals surface area (Å²) >= 11 is 0. The van der Waals surface area contributed by atoms with Crippen LogP contribution in [0.2, 0.25) is 0 Å². The minimum atomic E-state index is -0.895. The zero-order valence-electron chi connectivity index (χ0n) is 10.8. The number of nitro benzene ring substituents is 1. The van der Waals surface area contributed by atoms with Crippen molar-refractivity contribution in [3.63, 3.8) is 0 Å². The fraction of sp³-hybridized carbons (Fsp3) is 0.385. The molecule has 6 heteroatoms. The lowest BCUT2D eigenvalue weighted by atomic mass is 9.94. The molecule has 0 bridgehead atoms. The maximum atomic E-state index is 11.6. The van der Waals surface area contributed by atoms with Gasteiger partial charge < -0.3 is 4.74 Å². The van der Waals surface area contributed by atoms with Crippen molar-refractivity contribution < 1.29 is 19.2 Å². The molecule has 19 heavy (non-hydrogen) atoms. The van der Waals surface area contributed by atoms with Gasteiger partial charge in [-0.25, -0.2) is 4.79 Å². The number of nitro groups is 1. The second-order valence-corrected chi connectivity index (χ2v) is 4.06. The highest BCUT2D eigenvalue weighted by molar-refractivity contribution is 6.33. The molecule has 1 unspecified atom stereocenters. The average Bonchev–Trinajstić information content (AvgIpc) is 2.38. The van der Waals surface area contributed by atoms with Crippen LogP contribution in [0.3, 0.4) is 0 Å². The molecule has 0 radical (unpaired) electrons. The van der Waals surface area contributed by atoms with Crippen LogP contribution < -0.4 is 0 Å². The summed E-state index contributed by atoms with van der Waals surface area (Å²) < 4.78 is 4.60. The lowest BCUT2D eigenvalue weighted by Gasteiger charge is -2.10. The van der Waals surface area contributed by atoms with Crippen molar-refractivity contribution >= 4 is 17.4 Å². The van der Waals surface area contributed by atoms with Gasteiger partial charge in [-0.05, 0) is 12.8 Å². The molecule has 0 heterocycles. The van der Waals surface area contributed by atoms with Crippen molar-refractivity contribution in [2.75, 3.05) is 6.61 Å². The summed E-state index contributed by atoms with van der Waals surface area (Å²) in [4.78, 5) is 33.2. The van der Waals surface area contributed by atoms with E-state index in [1.807, 2.05) is 0 Å². The topological polar surface area (TPSA) is 86.5 Å². The average molecular weight is 265 g/mol. The van der Waals surface area contributed by atoms with Crippen molar-refractivity contribution in [3.8, 4) is 0 Å². The van der Waals surface area contributed by atoms with Crippen LogP contribution in [0.1, 0.15) is 31.7 Å². The molecule has 0 saturated heterocycles. The van der Waals surface area contributed by atoms with E-state index in [-0.39, 0.29) is 18.7 Å². The summed E-state index contributed by atoms with van der Waals surface area (Å²) in [5.41, 5.74) is 0.386. The van der Waals surface area contributed by atoms with Crippen LogP contribution in [-0.4, -0.2) is 23.3 Å².